The lowest BCUT2D eigenvalue weighted by atomic mass is 9.95. The van der Waals surface area contributed by atoms with Gasteiger partial charge in [0.25, 0.3) is 0 Å². The first-order valence-electron chi connectivity index (χ1n) is 10.2. The number of nitriles is 1. The monoisotopic (exact) mass is 365 g/mol. The van der Waals surface area contributed by atoms with Crippen molar-refractivity contribution in [3.8, 4) is 6.07 Å². The maximum Gasteiger partial charge on any atom is 0.303 e. The number of likely N-dealkylation sites (tertiary alicyclic amines) is 1. The molecule has 0 spiro atoms. The summed E-state index contributed by atoms with van der Waals surface area (Å²) in [5.74, 6) is -0.362. The molecule has 0 atom stereocenters. The van der Waals surface area contributed by atoms with Crippen molar-refractivity contribution in [2.24, 2.45) is 5.92 Å². The third-order valence-electron chi connectivity index (χ3n) is 5.11. The van der Waals surface area contributed by atoms with Crippen LogP contribution in [-0.4, -0.2) is 48.1 Å². The summed E-state index contributed by atoms with van der Waals surface area (Å²) < 4.78 is 0. The summed E-state index contributed by atoms with van der Waals surface area (Å²) in [6.07, 6.45) is 11.3. The number of piperidine rings is 1. The minimum Gasteiger partial charge on any atom is -0.481 e. The van der Waals surface area contributed by atoms with E-state index in [4.69, 9.17) is 10.4 Å². The normalized spacial score (nSPS) is 15.5. The maximum atomic E-state index is 12.2. The van der Waals surface area contributed by atoms with Crippen LogP contribution < -0.4 is 5.32 Å². The van der Waals surface area contributed by atoms with Crippen LogP contribution in [0.25, 0.3) is 0 Å². The van der Waals surface area contributed by atoms with Crippen molar-refractivity contribution in [2.75, 3.05) is 26.2 Å². The van der Waals surface area contributed by atoms with E-state index in [9.17, 15) is 9.59 Å². The maximum absolute atomic E-state index is 12.2. The average Bonchev–Trinajstić information content (AvgIpc) is 2.64. The zero-order valence-electron chi connectivity index (χ0n) is 16.0. The molecule has 0 radical (unpaired) electrons. The highest BCUT2D eigenvalue weighted by atomic mass is 16.4. The summed E-state index contributed by atoms with van der Waals surface area (Å²) in [4.78, 5) is 24.8. The van der Waals surface area contributed by atoms with E-state index >= 15 is 0 Å². The van der Waals surface area contributed by atoms with Gasteiger partial charge in [-0.05, 0) is 38.8 Å². The lowest BCUT2D eigenvalue weighted by molar-refractivity contribution is -0.137. The number of amides is 1. The predicted molar refractivity (Wildman–Crippen MR) is 102 cm³/mol. The first-order chi connectivity index (χ1) is 12.6. The van der Waals surface area contributed by atoms with E-state index in [1.807, 2.05) is 0 Å². The van der Waals surface area contributed by atoms with Gasteiger partial charge in [-0.2, -0.15) is 5.26 Å². The Bertz CT molecular complexity index is 440. The van der Waals surface area contributed by atoms with Crippen LogP contribution >= 0.6 is 0 Å². The van der Waals surface area contributed by atoms with E-state index in [2.05, 4.69) is 16.3 Å². The first-order valence-corrected chi connectivity index (χ1v) is 10.2. The molecule has 1 aliphatic rings. The minimum absolute atomic E-state index is 0.138. The fourth-order valence-electron chi connectivity index (χ4n) is 3.44. The predicted octanol–water partition coefficient (Wildman–Crippen LogP) is 3.32. The molecule has 0 unspecified atom stereocenters. The number of hydrogen-bond acceptors (Lipinski definition) is 4. The lowest BCUT2D eigenvalue weighted by Crippen LogP contribution is -2.41. The number of unbranched alkanes of at least 4 members (excludes halogenated alkanes) is 7. The van der Waals surface area contributed by atoms with Crippen LogP contribution in [-0.2, 0) is 9.59 Å². The Morgan fingerprint density at radius 1 is 1.00 bits per heavy atom. The molecule has 0 aliphatic carbocycles. The highest BCUT2D eigenvalue weighted by Gasteiger charge is 2.24. The molecule has 1 saturated heterocycles. The van der Waals surface area contributed by atoms with E-state index in [1.165, 1.54) is 19.3 Å². The summed E-state index contributed by atoms with van der Waals surface area (Å²) in [5, 5.41) is 20.3. The Balaban J connectivity index is 1.90. The van der Waals surface area contributed by atoms with Gasteiger partial charge >= 0.3 is 5.97 Å². The molecule has 0 aromatic heterocycles. The lowest BCUT2D eigenvalue weighted by Gasteiger charge is -2.30. The van der Waals surface area contributed by atoms with Gasteiger partial charge in [-0.25, -0.2) is 0 Å². The van der Waals surface area contributed by atoms with Crippen LogP contribution in [0.4, 0.5) is 0 Å². The third-order valence-corrected chi connectivity index (χ3v) is 5.11. The number of carboxylic acids is 1. The zero-order chi connectivity index (χ0) is 19.0. The molecule has 6 heteroatoms. The van der Waals surface area contributed by atoms with Gasteiger partial charge in [-0.15, -0.1) is 0 Å². The molecule has 0 bridgehead atoms. The van der Waals surface area contributed by atoms with Crippen molar-refractivity contribution in [3.63, 3.8) is 0 Å². The largest absolute Gasteiger partial charge is 0.481 e. The van der Waals surface area contributed by atoms with Crippen LogP contribution in [0.5, 0.6) is 0 Å². The van der Waals surface area contributed by atoms with Crippen molar-refractivity contribution < 1.29 is 14.7 Å². The van der Waals surface area contributed by atoms with Gasteiger partial charge in [-0.3, -0.25) is 9.59 Å². The van der Waals surface area contributed by atoms with Crippen LogP contribution in [0.15, 0.2) is 0 Å². The number of rotatable bonds is 14. The SMILES string of the molecule is N#CCCN1CCC(C(=O)NCCCCCCCCCCC(=O)O)CC1. The summed E-state index contributed by atoms with van der Waals surface area (Å²) in [6, 6.07) is 2.17. The van der Waals surface area contributed by atoms with Gasteiger partial charge in [0.2, 0.25) is 5.91 Å². The Morgan fingerprint density at radius 2 is 1.58 bits per heavy atom. The van der Waals surface area contributed by atoms with Crippen LogP contribution in [0, 0.1) is 17.2 Å². The second kappa shape index (κ2) is 14.5. The number of hydrogen-bond donors (Lipinski definition) is 2. The Morgan fingerprint density at radius 3 is 2.15 bits per heavy atom. The molecule has 26 heavy (non-hydrogen) atoms. The van der Waals surface area contributed by atoms with Gasteiger partial charge in [0, 0.05) is 31.8 Å². The van der Waals surface area contributed by atoms with Gasteiger partial charge in [-0.1, -0.05) is 38.5 Å². The Kier molecular flexibility index (Phi) is 12.6. The highest BCUT2D eigenvalue weighted by molar-refractivity contribution is 5.78. The van der Waals surface area contributed by atoms with E-state index in [0.29, 0.717) is 12.8 Å². The van der Waals surface area contributed by atoms with Crippen LogP contribution in [0.2, 0.25) is 0 Å². The standard InChI is InChI=1S/C20H35N3O3/c21-13-9-15-23-16-11-18(12-17-23)20(26)22-14-8-6-4-2-1-3-5-7-10-19(24)25/h18H,1-12,14-17H2,(H,22,26)(H,24,25). The molecule has 148 valence electrons. The molecular weight excluding hydrogens is 330 g/mol. The molecule has 1 fully saturated rings. The molecule has 0 aromatic rings. The minimum atomic E-state index is -0.698. The Hall–Kier alpha value is -1.61. The smallest absolute Gasteiger partial charge is 0.303 e. The number of carbonyl (C=O) groups excluding carboxylic acids is 1. The topological polar surface area (TPSA) is 93.4 Å². The van der Waals surface area contributed by atoms with E-state index < -0.39 is 5.97 Å². The summed E-state index contributed by atoms with van der Waals surface area (Å²) >= 11 is 0. The second-order valence-corrected chi connectivity index (χ2v) is 7.29. The van der Waals surface area contributed by atoms with Gasteiger partial charge < -0.3 is 15.3 Å². The van der Waals surface area contributed by atoms with Crippen molar-refractivity contribution in [1.82, 2.24) is 10.2 Å². The Labute approximate surface area is 157 Å². The van der Waals surface area contributed by atoms with E-state index in [1.54, 1.807) is 0 Å². The number of carboxylic acid groups (broad SMARTS) is 1. The molecule has 1 heterocycles. The summed E-state index contributed by atoms with van der Waals surface area (Å²) in [6.45, 7) is 3.44. The number of carbonyl (C=O) groups is 2. The number of nitrogens with zero attached hydrogens (tertiary/aromatic N) is 2. The average molecular weight is 366 g/mol. The van der Waals surface area contributed by atoms with Gasteiger partial charge in [0.05, 0.1) is 6.07 Å². The third kappa shape index (κ3) is 11.1. The van der Waals surface area contributed by atoms with E-state index in [0.717, 1.165) is 71.1 Å². The zero-order valence-corrected chi connectivity index (χ0v) is 16.0. The summed E-state index contributed by atoms with van der Waals surface area (Å²) in [5.41, 5.74) is 0. The molecule has 1 rings (SSSR count). The van der Waals surface area contributed by atoms with Crippen molar-refractivity contribution in [1.29, 1.82) is 5.26 Å². The molecule has 0 aromatic carbocycles. The molecule has 1 amide bonds. The van der Waals surface area contributed by atoms with Crippen LogP contribution in [0.1, 0.15) is 77.0 Å². The number of aliphatic carboxylic acids is 1. The fourth-order valence-corrected chi connectivity index (χ4v) is 3.44. The van der Waals surface area contributed by atoms with Crippen LogP contribution in [0.3, 0.4) is 0 Å². The summed E-state index contributed by atoms with van der Waals surface area (Å²) in [7, 11) is 0. The highest BCUT2D eigenvalue weighted by Crippen LogP contribution is 2.17. The van der Waals surface area contributed by atoms with Gasteiger partial charge in [0.15, 0.2) is 0 Å². The second-order valence-electron chi connectivity index (χ2n) is 7.29. The van der Waals surface area contributed by atoms with E-state index in [-0.39, 0.29) is 11.8 Å². The molecule has 1 aliphatic heterocycles. The van der Waals surface area contributed by atoms with Crippen molar-refractivity contribution in [3.05, 3.63) is 0 Å². The first kappa shape index (κ1) is 22.4. The van der Waals surface area contributed by atoms with Crippen molar-refractivity contribution >= 4 is 11.9 Å². The quantitative estimate of drug-likeness (QED) is 0.461. The molecule has 0 saturated carbocycles. The molecular formula is C20H35N3O3. The molecule has 6 nitrogen and oxygen atoms in total. The van der Waals surface area contributed by atoms with Gasteiger partial charge in [0.1, 0.15) is 0 Å². The number of nitrogens with one attached hydrogen (secondary N) is 1. The fraction of sp³-hybridized carbons (Fsp3) is 0.850. The molecule has 2 N–H and O–H groups in total. The van der Waals surface area contributed by atoms with Crippen molar-refractivity contribution in [2.45, 2.75) is 77.0 Å².